The molecule has 1 unspecified atom stereocenters. The number of aliphatic hydroxyl groups is 2. The third kappa shape index (κ3) is 59.1. The van der Waals surface area contributed by atoms with Crippen LogP contribution < -0.4 is 0 Å². The van der Waals surface area contributed by atoms with E-state index >= 15 is 0 Å². The van der Waals surface area contributed by atoms with Gasteiger partial charge < -0.3 is 19.7 Å². The largest absolute Gasteiger partial charge is 0.468 e. The first-order valence-corrected chi connectivity index (χ1v) is 13.3. The summed E-state index contributed by atoms with van der Waals surface area (Å²) < 4.78 is 9.25. The summed E-state index contributed by atoms with van der Waals surface area (Å²) in [7, 11) is 0. The van der Waals surface area contributed by atoms with Gasteiger partial charge in [-0.2, -0.15) is 0 Å². The summed E-state index contributed by atoms with van der Waals surface area (Å²) in [5.41, 5.74) is 0. The summed E-state index contributed by atoms with van der Waals surface area (Å²) in [5, 5.41) is 16.8. The number of carbonyl (C=O) groups is 2. The molecule has 33 heavy (non-hydrogen) atoms. The van der Waals surface area contributed by atoms with Crippen LogP contribution in [0.25, 0.3) is 0 Å². The van der Waals surface area contributed by atoms with Gasteiger partial charge in [-0.05, 0) is 31.6 Å². The van der Waals surface area contributed by atoms with Gasteiger partial charge in [0, 0.05) is 20.1 Å². The average Bonchev–Trinajstić information content (AvgIpc) is 2.80. The van der Waals surface area contributed by atoms with E-state index in [4.69, 9.17) is 14.9 Å². The topological polar surface area (TPSA) is 93.1 Å². The van der Waals surface area contributed by atoms with Gasteiger partial charge in [0.2, 0.25) is 0 Å². The molecule has 0 aromatic heterocycles. The lowest BCUT2D eigenvalue weighted by molar-refractivity contribution is -0.141. The second kappa shape index (κ2) is 41.1. The number of hydrogen-bond acceptors (Lipinski definition) is 6. The molecule has 0 aliphatic rings. The zero-order valence-electron chi connectivity index (χ0n) is 22.9. The van der Waals surface area contributed by atoms with E-state index in [1.807, 2.05) is 0 Å². The fourth-order valence-corrected chi connectivity index (χ4v) is 2.53. The van der Waals surface area contributed by atoms with Crippen molar-refractivity contribution in [3.8, 4) is 0 Å². The molecule has 0 radical (unpaired) electrons. The van der Waals surface area contributed by atoms with E-state index in [9.17, 15) is 9.59 Å². The number of hydrogen-bond donors (Lipinski definition) is 2. The van der Waals surface area contributed by atoms with Crippen LogP contribution in [0.5, 0.6) is 0 Å². The minimum Gasteiger partial charge on any atom is -0.468 e. The van der Waals surface area contributed by atoms with Gasteiger partial charge in [0.15, 0.2) is 0 Å². The molecule has 0 bridgehead atoms. The van der Waals surface area contributed by atoms with Crippen LogP contribution in [0.1, 0.15) is 131 Å². The summed E-state index contributed by atoms with van der Waals surface area (Å²) in [6, 6.07) is 0. The predicted molar refractivity (Wildman–Crippen MR) is 139 cm³/mol. The van der Waals surface area contributed by atoms with Gasteiger partial charge in [0.05, 0.1) is 13.2 Å². The summed E-state index contributed by atoms with van der Waals surface area (Å²) in [4.78, 5) is 19.9. The Morgan fingerprint density at radius 3 is 1.58 bits per heavy atom. The molecule has 2 N–H and O–H groups in total. The van der Waals surface area contributed by atoms with Gasteiger partial charge in [-0.1, -0.05) is 98.8 Å². The Kier molecular flexibility index (Phi) is 48.7. The lowest BCUT2D eigenvalue weighted by Crippen LogP contribution is -1.99. The number of carbonyl (C=O) groups excluding carboxylic acids is 2. The third-order valence-electron chi connectivity index (χ3n) is 4.59. The molecule has 0 saturated carbocycles. The van der Waals surface area contributed by atoms with Gasteiger partial charge in [-0.3, -0.25) is 9.59 Å². The maximum absolute atomic E-state index is 10.3. The molecular weight excluding hydrogens is 420 g/mol. The number of ether oxygens (including phenoxy) is 2. The van der Waals surface area contributed by atoms with Crippen LogP contribution >= 0.6 is 0 Å². The molecule has 6 nitrogen and oxygen atoms in total. The highest BCUT2D eigenvalue weighted by molar-refractivity contribution is 5.65. The van der Waals surface area contributed by atoms with Gasteiger partial charge in [0.1, 0.15) is 0 Å². The Hall–Kier alpha value is -1.14. The minimum absolute atomic E-state index is 0.170. The van der Waals surface area contributed by atoms with Crippen LogP contribution in [0.4, 0.5) is 0 Å². The fraction of sp³-hybridized carbons (Fsp3) is 0.926. The van der Waals surface area contributed by atoms with Crippen molar-refractivity contribution in [2.45, 2.75) is 131 Å². The maximum Gasteiger partial charge on any atom is 0.302 e. The Bertz CT molecular complexity index is 333. The summed E-state index contributed by atoms with van der Waals surface area (Å²) in [5.74, 6) is 0.335. The van der Waals surface area contributed by atoms with Crippen LogP contribution in [-0.4, -0.2) is 49.1 Å². The van der Waals surface area contributed by atoms with Crippen LogP contribution in [0.2, 0.25) is 0 Å². The van der Waals surface area contributed by atoms with Gasteiger partial charge in [-0.15, -0.1) is 0 Å². The number of rotatable bonds is 18. The highest BCUT2D eigenvalue weighted by Gasteiger charge is 1.94. The molecule has 1 atom stereocenters. The van der Waals surface area contributed by atoms with Gasteiger partial charge in [-0.25, -0.2) is 0 Å². The van der Waals surface area contributed by atoms with Crippen molar-refractivity contribution >= 4 is 12.4 Å². The second-order valence-corrected chi connectivity index (χ2v) is 8.29. The summed E-state index contributed by atoms with van der Waals surface area (Å²) >= 11 is 0. The molecule has 6 heteroatoms. The van der Waals surface area contributed by atoms with E-state index in [2.05, 4.69) is 39.4 Å². The Morgan fingerprint density at radius 1 is 0.758 bits per heavy atom. The highest BCUT2D eigenvalue weighted by atomic mass is 16.5. The number of aliphatic hydroxyl groups excluding tert-OH is 2. The highest BCUT2D eigenvalue weighted by Crippen LogP contribution is 2.01. The molecule has 0 spiro atoms. The maximum atomic E-state index is 10.3. The van der Waals surface area contributed by atoms with Crippen LogP contribution in [0.15, 0.2) is 0 Å². The quantitative estimate of drug-likeness (QED) is 0.127. The van der Waals surface area contributed by atoms with Gasteiger partial charge in [0.25, 0.3) is 6.47 Å². The first kappa shape index (κ1) is 39.1. The molecule has 0 fully saturated rings. The SMILES string of the molecule is CCCC(C)CO.CCCCCCO.CCCCCCOC(C)=O.CCCCCCOC=O. The zero-order valence-corrected chi connectivity index (χ0v) is 22.9. The van der Waals surface area contributed by atoms with Gasteiger partial charge >= 0.3 is 5.97 Å². The van der Waals surface area contributed by atoms with E-state index in [0.717, 1.165) is 25.7 Å². The molecule has 0 aliphatic carbocycles. The van der Waals surface area contributed by atoms with Crippen molar-refractivity contribution in [1.29, 1.82) is 0 Å². The van der Waals surface area contributed by atoms with E-state index in [1.165, 1.54) is 71.1 Å². The van der Waals surface area contributed by atoms with Crippen LogP contribution in [0.3, 0.4) is 0 Å². The normalized spacial score (nSPS) is 10.3. The smallest absolute Gasteiger partial charge is 0.302 e. The Morgan fingerprint density at radius 2 is 1.24 bits per heavy atom. The standard InChI is InChI=1S/C8H16O2.C7H14O2.2C6H14O/c1-3-4-5-6-7-10-8(2)9;1-2-3-4-5-6-9-7-8;1-3-4-6(2)5-7;1-2-3-4-5-6-7/h3-7H2,1-2H3;7H,2-6H2,1H3;6-7H,3-5H2,1-2H3;7H,2-6H2,1H3. The lowest BCUT2D eigenvalue weighted by Gasteiger charge is -2.01. The fourth-order valence-electron chi connectivity index (χ4n) is 2.53. The predicted octanol–water partition coefficient (Wildman–Crippen LogP) is 6.84. The summed E-state index contributed by atoms with van der Waals surface area (Å²) in [6.45, 7) is 14.5. The monoisotopic (exact) mass is 478 g/mol. The van der Waals surface area contributed by atoms with E-state index in [1.54, 1.807) is 0 Å². The Labute approximate surface area is 205 Å². The molecule has 0 heterocycles. The number of esters is 1. The molecule has 0 aliphatic heterocycles. The van der Waals surface area contributed by atoms with Crippen molar-refractivity contribution in [2.24, 2.45) is 5.92 Å². The van der Waals surface area contributed by atoms with E-state index in [0.29, 0.717) is 38.8 Å². The third-order valence-corrected chi connectivity index (χ3v) is 4.59. The molecule has 0 aromatic rings. The lowest BCUT2D eigenvalue weighted by atomic mass is 10.1. The summed E-state index contributed by atoms with van der Waals surface area (Å²) in [6.07, 6.45) is 16.3. The first-order chi connectivity index (χ1) is 15.9. The van der Waals surface area contributed by atoms with Crippen LogP contribution in [0, 0.1) is 5.92 Å². The Balaban J connectivity index is -0.000000172. The molecule has 0 rings (SSSR count). The van der Waals surface area contributed by atoms with Crippen molar-refractivity contribution in [1.82, 2.24) is 0 Å². The van der Waals surface area contributed by atoms with Crippen molar-refractivity contribution < 1.29 is 29.3 Å². The van der Waals surface area contributed by atoms with Crippen molar-refractivity contribution in [3.63, 3.8) is 0 Å². The average molecular weight is 479 g/mol. The molecule has 0 amide bonds. The second-order valence-electron chi connectivity index (χ2n) is 8.29. The zero-order chi connectivity index (χ0) is 26.0. The first-order valence-electron chi connectivity index (χ1n) is 13.3. The van der Waals surface area contributed by atoms with Crippen LogP contribution in [-0.2, 0) is 19.1 Å². The van der Waals surface area contributed by atoms with E-state index in [-0.39, 0.29) is 5.97 Å². The molecule has 202 valence electrons. The minimum atomic E-state index is -0.170. The number of unbranched alkanes of at least 4 members (excludes halogenated alkanes) is 9. The molecule has 0 saturated heterocycles. The van der Waals surface area contributed by atoms with Crippen molar-refractivity contribution in [2.75, 3.05) is 26.4 Å². The van der Waals surface area contributed by atoms with Crippen molar-refractivity contribution in [3.05, 3.63) is 0 Å². The van der Waals surface area contributed by atoms with E-state index < -0.39 is 0 Å². The molecule has 0 aromatic carbocycles. The molecular formula is C27H58O6.